The average molecular weight is 191 g/mol. The van der Waals surface area contributed by atoms with Crippen LogP contribution in [0.5, 0.6) is 0 Å². The van der Waals surface area contributed by atoms with E-state index in [1.165, 1.54) is 11.8 Å². The van der Waals surface area contributed by atoms with Gasteiger partial charge in [0.15, 0.2) is 5.16 Å². The Kier molecular flexibility index (Phi) is 3.47. The van der Waals surface area contributed by atoms with Gasteiger partial charge in [0.05, 0.1) is 6.07 Å². The lowest BCUT2D eigenvalue weighted by Crippen LogP contribution is -1.90. The van der Waals surface area contributed by atoms with Crippen molar-refractivity contribution >= 4 is 11.8 Å². The predicted molar refractivity (Wildman–Crippen MR) is 52.2 cm³/mol. The van der Waals surface area contributed by atoms with Crippen molar-refractivity contribution in [2.45, 2.75) is 12.1 Å². The molecule has 1 aromatic rings. The third kappa shape index (κ3) is 3.26. The second kappa shape index (κ2) is 4.63. The van der Waals surface area contributed by atoms with Crippen LogP contribution in [0.4, 0.5) is 0 Å². The summed E-state index contributed by atoms with van der Waals surface area (Å²) in [7, 11) is 0. The first-order chi connectivity index (χ1) is 6.22. The second-order valence-corrected chi connectivity index (χ2v) is 3.43. The molecule has 1 aromatic heterocycles. The molecule has 13 heavy (non-hydrogen) atoms. The van der Waals surface area contributed by atoms with Crippen LogP contribution >= 0.6 is 11.8 Å². The first-order valence-corrected chi connectivity index (χ1v) is 4.71. The fourth-order valence-corrected chi connectivity index (χ4v) is 1.39. The Bertz CT molecular complexity index is 354. The van der Waals surface area contributed by atoms with Crippen LogP contribution in [0.25, 0.3) is 0 Å². The van der Waals surface area contributed by atoms with Gasteiger partial charge < -0.3 is 0 Å². The summed E-state index contributed by atoms with van der Waals surface area (Å²) in [6, 6.07) is 3.82. The first-order valence-electron chi connectivity index (χ1n) is 3.72. The van der Waals surface area contributed by atoms with Crippen LogP contribution < -0.4 is 0 Å². The molecular weight excluding hydrogens is 182 g/mol. The van der Waals surface area contributed by atoms with E-state index >= 15 is 0 Å². The smallest absolute Gasteiger partial charge is 0.188 e. The van der Waals surface area contributed by atoms with Crippen LogP contribution in [-0.4, -0.2) is 15.7 Å². The lowest BCUT2D eigenvalue weighted by molar-refractivity contribution is 0.933. The van der Waals surface area contributed by atoms with Crippen LogP contribution in [-0.2, 0) is 0 Å². The molecular formula is C9H9N3S. The molecule has 0 atom stereocenters. The molecule has 1 heterocycles. The first kappa shape index (κ1) is 9.75. The highest BCUT2D eigenvalue weighted by molar-refractivity contribution is 7.99. The minimum absolute atomic E-state index is 0.537. The largest absolute Gasteiger partial charge is 0.231 e. The molecule has 66 valence electrons. The maximum atomic E-state index is 8.46. The van der Waals surface area contributed by atoms with Crippen LogP contribution in [0, 0.1) is 18.3 Å². The van der Waals surface area contributed by atoms with Crippen molar-refractivity contribution in [3.8, 4) is 6.07 Å². The van der Waals surface area contributed by atoms with Gasteiger partial charge in [-0.3, -0.25) is 0 Å². The SMILES string of the molecule is C=C(C#N)CSc1nccc(C)n1. The Morgan fingerprint density at radius 3 is 3.15 bits per heavy atom. The average Bonchev–Trinajstić information content (AvgIpc) is 2.14. The van der Waals surface area contributed by atoms with E-state index < -0.39 is 0 Å². The molecule has 3 nitrogen and oxygen atoms in total. The van der Waals surface area contributed by atoms with E-state index in [4.69, 9.17) is 5.26 Å². The lowest BCUT2D eigenvalue weighted by Gasteiger charge is -1.97. The molecule has 0 saturated carbocycles. The van der Waals surface area contributed by atoms with E-state index in [0.717, 1.165) is 5.69 Å². The Balaban J connectivity index is 2.56. The fraction of sp³-hybridized carbons (Fsp3) is 0.222. The number of rotatable bonds is 3. The molecule has 0 amide bonds. The Labute approximate surface area is 81.5 Å². The number of aryl methyl sites for hydroxylation is 1. The quantitative estimate of drug-likeness (QED) is 0.416. The standard InChI is InChI=1S/C9H9N3S/c1-7(5-10)6-13-9-11-4-3-8(2)12-9/h3-4H,1,6H2,2H3. The zero-order chi connectivity index (χ0) is 9.68. The summed E-state index contributed by atoms with van der Waals surface area (Å²) in [5, 5.41) is 9.15. The Morgan fingerprint density at radius 1 is 1.77 bits per heavy atom. The molecule has 0 fully saturated rings. The maximum absolute atomic E-state index is 8.46. The number of nitrogens with zero attached hydrogens (tertiary/aromatic N) is 3. The molecule has 0 unspecified atom stereocenters. The van der Waals surface area contributed by atoms with E-state index in [1.807, 2.05) is 19.1 Å². The van der Waals surface area contributed by atoms with Gasteiger partial charge in [0, 0.05) is 23.2 Å². The van der Waals surface area contributed by atoms with E-state index in [0.29, 0.717) is 16.5 Å². The normalized spacial score (nSPS) is 9.23. The number of hydrogen-bond acceptors (Lipinski definition) is 4. The molecule has 0 saturated heterocycles. The summed E-state index contributed by atoms with van der Waals surface area (Å²) in [6.45, 7) is 5.48. The van der Waals surface area contributed by atoms with Crippen molar-refractivity contribution in [1.29, 1.82) is 5.26 Å². The summed E-state index contributed by atoms with van der Waals surface area (Å²) in [6.07, 6.45) is 1.71. The van der Waals surface area contributed by atoms with Crippen molar-refractivity contribution in [2.24, 2.45) is 0 Å². The predicted octanol–water partition coefficient (Wildman–Crippen LogP) is 1.96. The highest BCUT2D eigenvalue weighted by Crippen LogP contribution is 2.14. The summed E-state index contributed by atoms with van der Waals surface area (Å²) in [5.74, 6) is 0.556. The third-order valence-corrected chi connectivity index (χ3v) is 2.25. The second-order valence-electron chi connectivity index (χ2n) is 2.48. The molecule has 0 spiro atoms. The number of hydrogen-bond donors (Lipinski definition) is 0. The van der Waals surface area contributed by atoms with Crippen molar-refractivity contribution in [3.63, 3.8) is 0 Å². The van der Waals surface area contributed by atoms with Gasteiger partial charge in [0.2, 0.25) is 0 Å². The summed E-state index contributed by atoms with van der Waals surface area (Å²) in [4.78, 5) is 8.23. The number of nitriles is 1. The van der Waals surface area contributed by atoms with Crippen molar-refractivity contribution in [1.82, 2.24) is 9.97 Å². The molecule has 0 N–H and O–H groups in total. The molecule has 0 radical (unpaired) electrons. The number of thioether (sulfide) groups is 1. The van der Waals surface area contributed by atoms with Gasteiger partial charge in [-0.2, -0.15) is 5.26 Å². The molecule has 0 aliphatic heterocycles. The monoisotopic (exact) mass is 191 g/mol. The summed E-state index contributed by atoms with van der Waals surface area (Å²) in [5.41, 5.74) is 1.47. The van der Waals surface area contributed by atoms with Crippen molar-refractivity contribution in [2.75, 3.05) is 5.75 Å². The van der Waals surface area contributed by atoms with Crippen LogP contribution in [0.15, 0.2) is 29.6 Å². The van der Waals surface area contributed by atoms with Gasteiger partial charge in [0.25, 0.3) is 0 Å². The minimum Gasteiger partial charge on any atom is -0.231 e. The molecule has 0 bridgehead atoms. The number of aromatic nitrogens is 2. The zero-order valence-corrected chi connectivity index (χ0v) is 8.14. The lowest BCUT2D eigenvalue weighted by atomic mass is 10.4. The van der Waals surface area contributed by atoms with Gasteiger partial charge in [-0.1, -0.05) is 18.3 Å². The molecule has 0 aromatic carbocycles. The Morgan fingerprint density at radius 2 is 2.54 bits per heavy atom. The van der Waals surface area contributed by atoms with E-state index in [1.54, 1.807) is 6.20 Å². The van der Waals surface area contributed by atoms with Gasteiger partial charge in [-0.05, 0) is 13.0 Å². The van der Waals surface area contributed by atoms with E-state index in [-0.39, 0.29) is 0 Å². The van der Waals surface area contributed by atoms with Gasteiger partial charge in [0.1, 0.15) is 0 Å². The van der Waals surface area contributed by atoms with Gasteiger partial charge >= 0.3 is 0 Å². The fourth-order valence-electron chi connectivity index (χ4n) is 0.679. The molecule has 0 aliphatic carbocycles. The van der Waals surface area contributed by atoms with Crippen molar-refractivity contribution < 1.29 is 0 Å². The van der Waals surface area contributed by atoms with Crippen LogP contribution in [0.1, 0.15) is 5.69 Å². The van der Waals surface area contributed by atoms with Crippen LogP contribution in [0.2, 0.25) is 0 Å². The topological polar surface area (TPSA) is 49.6 Å². The summed E-state index contributed by atoms with van der Waals surface area (Å²) < 4.78 is 0. The molecule has 4 heteroatoms. The summed E-state index contributed by atoms with van der Waals surface area (Å²) >= 11 is 1.42. The van der Waals surface area contributed by atoms with E-state index in [2.05, 4.69) is 16.5 Å². The van der Waals surface area contributed by atoms with Gasteiger partial charge in [-0.15, -0.1) is 0 Å². The minimum atomic E-state index is 0.537. The van der Waals surface area contributed by atoms with Crippen molar-refractivity contribution in [3.05, 3.63) is 30.1 Å². The van der Waals surface area contributed by atoms with E-state index in [9.17, 15) is 0 Å². The highest BCUT2D eigenvalue weighted by Gasteiger charge is 1.98. The van der Waals surface area contributed by atoms with Crippen LogP contribution in [0.3, 0.4) is 0 Å². The van der Waals surface area contributed by atoms with Gasteiger partial charge in [-0.25, -0.2) is 9.97 Å². The molecule has 0 aliphatic rings. The zero-order valence-electron chi connectivity index (χ0n) is 7.32. The highest BCUT2D eigenvalue weighted by atomic mass is 32.2. The molecule has 1 rings (SSSR count). The Hall–Kier alpha value is -1.34. The third-order valence-electron chi connectivity index (χ3n) is 1.31. The maximum Gasteiger partial charge on any atom is 0.188 e.